The molecule has 0 N–H and O–H groups in total. The van der Waals surface area contributed by atoms with Crippen molar-refractivity contribution >= 4 is 49.6 Å². The minimum absolute atomic E-state index is 0.614. The molecule has 4 heteroatoms. The molecule has 0 fully saturated rings. The molecule has 9 aromatic rings. The lowest BCUT2D eigenvalue weighted by Crippen LogP contribution is -2.00. The van der Waals surface area contributed by atoms with Crippen molar-refractivity contribution in [3.8, 4) is 45.3 Å². The van der Waals surface area contributed by atoms with Crippen LogP contribution in [0.25, 0.3) is 94.8 Å². The van der Waals surface area contributed by atoms with Crippen LogP contribution in [-0.2, 0) is 6.42 Å². The van der Waals surface area contributed by atoms with E-state index < -0.39 is 0 Å². The topological polar surface area (TPSA) is 51.8 Å². The third-order valence-electron chi connectivity index (χ3n) is 9.73. The summed E-state index contributed by atoms with van der Waals surface area (Å²) in [5, 5.41) is 6.80. The van der Waals surface area contributed by atoms with Crippen LogP contribution in [-0.4, -0.2) is 15.0 Å². The van der Waals surface area contributed by atoms with Crippen molar-refractivity contribution in [2.75, 3.05) is 0 Å². The minimum Gasteiger partial charge on any atom is -0.455 e. The quantitative estimate of drug-likeness (QED) is 0.195. The number of hydrogen-bond acceptors (Lipinski definition) is 4. The molecule has 0 saturated carbocycles. The van der Waals surface area contributed by atoms with Gasteiger partial charge >= 0.3 is 0 Å². The van der Waals surface area contributed by atoms with Crippen LogP contribution < -0.4 is 0 Å². The molecule has 7 aromatic carbocycles. The average molecular weight is 628 g/mol. The Labute approximate surface area is 283 Å². The predicted octanol–water partition coefficient (Wildman–Crippen LogP) is 11.7. The highest BCUT2D eigenvalue weighted by Crippen LogP contribution is 2.43. The second kappa shape index (κ2) is 11.1. The first-order valence-corrected chi connectivity index (χ1v) is 16.7. The van der Waals surface area contributed by atoms with Crippen LogP contribution in [0.3, 0.4) is 0 Å². The molecule has 49 heavy (non-hydrogen) atoms. The Hall–Kier alpha value is -6.39. The highest BCUT2D eigenvalue weighted by Gasteiger charge is 2.22. The van der Waals surface area contributed by atoms with E-state index in [1.165, 1.54) is 27.3 Å². The number of nitrogens with zero attached hydrogens (tertiary/aromatic N) is 3. The number of benzene rings is 7. The maximum absolute atomic E-state index is 6.86. The Kier molecular flexibility index (Phi) is 6.28. The Morgan fingerprint density at radius 3 is 1.90 bits per heavy atom. The first-order valence-electron chi connectivity index (χ1n) is 16.7. The van der Waals surface area contributed by atoms with Crippen molar-refractivity contribution in [2.45, 2.75) is 12.8 Å². The SMILES string of the molecule is C1=Cc2cc3c(cc2CC1)oc1c(-c2ccc4ccccc4c2)ccc(-c2nc(-c4ccccc4)nc(-c4ccc5ccccc5c4)n2)c13. The van der Waals surface area contributed by atoms with E-state index in [0.29, 0.717) is 17.5 Å². The number of aryl methyl sites for hydroxylation is 1. The summed E-state index contributed by atoms with van der Waals surface area (Å²) >= 11 is 0. The molecule has 0 bridgehead atoms. The van der Waals surface area contributed by atoms with E-state index in [1.54, 1.807) is 0 Å². The highest BCUT2D eigenvalue weighted by atomic mass is 16.3. The van der Waals surface area contributed by atoms with Gasteiger partial charge < -0.3 is 4.42 Å². The molecule has 0 atom stereocenters. The number of allylic oxidation sites excluding steroid dienone is 1. The molecule has 0 spiro atoms. The second-order valence-corrected chi connectivity index (χ2v) is 12.8. The van der Waals surface area contributed by atoms with Gasteiger partial charge in [-0.15, -0.1) is 0 Å². The summed E-state index contributed by atoms with van der Waals surface area (Å²) in [4.78, 5) is 15.4. The Bertz CT molecular complexity index is 2780. The summed E-state index contributed by atoms with van der Waals surface area (Å²) in [5.41, 5.74) is 9.22. The number of rotatable bonds is 4. The molecule has 1 aliphatic carbocycles. The summed E-state index contributed by atoms with van der Waals surface area (Å²) in [6.45, 7) is 0. The fraction of sp³-hybridized carbons (Fsp3) is 0.0444. The molecule has 0 unspecified atom stereocenters. The molecule has 10 rings (SSSR count). The van der Waals surface area contributed by atoms with E-state index in [-0.39, 0.29) is 0 Å². The van der Waals surface area contributed by atoms with Gasteiger partial charge in [-0.25, -0.2) is 15.0 Å². The Balaban J connectivity index is 1.26. The summed E-state index contributed by atoms with van der Waals surface area (Å²) in [6, 6.07) is 48.8. The maximum atomic E-state index is 6.86. The van der Waals surface area contributed by atoms with Crippen LogP contribution in [0.5, 0.6) is 0 Å². The number of fused-ring (bicyclic) bond motifs is 6. The molecular weight excluding hydrogens is 599 g/mol. The Morgan fingerprint density at radius 2 is 1.12 bits per heavy atom. The van der Waals surface area contributed by atoms with Crippen molar-refractivity contribution in [1.29, 1.82) is 0 Å². The highest BCUT2D eigenvalue weighted by molar-refractivity contribution is 6.16. The standard InChI is InChI=1S/C45H29N3O/c1-2-12-30(13-3-1)43-46-44(36-21-19-29-11-5-7-15-32(29)25-36)48-45(47-43)38-23-22-37(35-20-18-28-10-4-6-14-31(28)24-35)42-41(38)39-26-33-16-8-9-17-34(33)27-40(39)49-42/h1-8,10-16,18-27H,9,17H2. The molecule has 0 radical (unpaired) electrons. The smallest absolute Gasteiger partial charge is 0.164 e. The van der Waals surface area contributed by atoms with Crippen LogP contribution in [0.2, 0.25) is 0 Å². The first kappa shape index (κ1) is 27.7. The van der Waals surface area contributed by atoms with Gasteiger partial charge in [-0.1, -0.05) is 115 Å². The van der Waals surface area contributed by atoms with Crippen molar-refractivity contribution in [2.24, 2.45) is 0 Å². The molecule has 2 heterocycles. The van der Waals surface area contributed by atoms with E-state index in [1.807, 2.05) is 30.3 Å². The predicted molar refractivity (Wildman–Crippen MR) is 201 cm³/mol. The summed E-state index contributed by atoms with van der Waals surface area (Å²) in [5.74, 6) is 1.88. The van der Waals surface area contributed by atoms with Crippen LogP contribution in [0.4, 0.5) is 0 Å². The molecule has 2 aromatic heterocycles. The normalized spacial score (nSPS) is 12.7. The van der Waals surface area contributed by atoms with E-state index in [2.05, 4.69) is 121 Å². The zero-order chi connectivity index (χ0) is 32.3. The number of furan rings is 1. The Morgan fingerprint density at radius 1 is 0.490 bits per heavy atom. The molecule has 1 aliphatic rings. The second-order valence-electron chi connectivity index (χ2n) is 12.8. The van der Waals surface area contributed by atoms with Crippen molar-refractivity contribution < 1.29 is 4.42 Å². The van der Waals surface area contributed by atoms with E-state index in [9.17, 15) is 0 Å². The molecule has 0 aliphatic heterocycles. The first-order chi connectivity index (χ1) is 24.2. The van der Waals surface area contributed by atoms with Crippen molar-refractivity contribution in [3.63, 3.8) is 0 Å². The van der Waals surface area contributed by atoms with Gasteiger partial charge in [0.2, 0.25) is 0 Å². The lowest BCUT2D eigenvalue weighted by Gasteiger charge is -2.12. The van der Waals surface area contributed by atoms with Gasteiger partial charge in [-0.05, 0) is 87.5 Å². The maximum Gasteiger partial charge on any atom is 0.164 e. The van der Waals surface area contributed by atoms with Crippen LogP contribution >= 0.6 is 0 Å². The zero-order valence-electron chi connectivity index (χ0n) is 26.6. The van der Waals surface area contributed by atoms with Gasteiger partial charge in [-0.2, -0.15) is 0 Å². The van der Waals surface area contributed by atoms with Gasteiger partial charge in [0.15, 0.2) is 17.5 Å². The third-order valence-corrected chi connectivity index (χ3v) is 9.73. The van der Waals surface area contributed by atoms with E-state index >= 15 is 0 Å². The lowest BCUT2D eigenvalue weighted by atomic mass is 9.93. The summed E-state index contributed by atoms with van der Waals surface area (Å²) < 4.78 is 6.86. The summed E-state index contributed by atoms with van der Waals surface area (Å²) in [6.07, 6.45) is 6.53. The van der Waals surface area contributed by atoms with Gasteiger partial charge in [0.1, 0.15) is 11.2 Å². The number of aromatic nitrogens is 3. The monoisotopic (exact) mass is 627 g/mol. The number of hydrogen-bond donors (Lipinski definition) is 0. The minimum atomic E-state index is 0.614. The molecule has 230 valence electrons. The fourth-order valence-electron chi connectivity index (χ4n) is 7.25. The van der Waals surface area contributed by atoms with E-state index in [0.717, 1.165) is 68.0 Å². The van der Waals surface area contributed by atoms with Gasteiger partial charge in [0.25, 0.3) is 0 Å². The molecule has 4 nitrogen and oxygen atoms in total. The van der Waals surface area contributed by atoms with Gasteiger partial charge in [-0.3, -0.25) is 0 Å². The zero-order valence-corrected chi connectivity index (χ0v) is 26.6. The molecule has 0 amide bonds. The lowest BCUT2D eigenvalue weighted by molar-refractivity contribution is 0.669. The third kappa shape index (κ3) is 4.72. The summed E-state index contributed by atoms with van der Waals surface area (Å²) in [7, 11) is 0. The van der Waals surface area contributed by atoms with Crippen LogP contribution in [0.15, 0.2) is 150 Å². The average Bonchev–Trinajstić information content (AvgIpc) is 3.54. The molecular formula is C45H29N3O. The van der Waals surface area contributed by atoms with Crippen molar-refractivity contribution in [3.05, 3.63) is 157 Å². The van der Waals surface area contributed by atoms with Gasteiger partial charge in [0.05, 0.1) is 0 Å². The van der Waals surface area contributed by atoms with Gasteiger partial charge in [0, 0.05) is 33.0 Å². The van der Waals surface area contributed by atoms with Crippen LogP contribution in [0, 0.1) is 0 Å². The van der Waals surface area contributed by atoms with Crippen LogP contribution in [0.1, 0.15) is 17.5 Å². The van der Waals surface area contributed by atoms with E-state index in [4.69, 9.17) is 19.4 Å². The fourth-order valence-corrected chi connectivity index (χ4v) is 7.25. The molecule has 0 saturated heterocycles. The largest absolute Gasteiger partial charge is 0.455 e. The van der Waals surface area contributed by atoms with Crippen molar-refractivity contribution in [1.82, 2.24) is 15.0 Å².